The van der Waals surface area contributed by atoms with E-state index in [9.17, 15) is 27.9 Å². The molecule has 0 saturated heterocycles. The molecule has 3 aromatic rings. The molecule has 174 valence electrons. The molecule has 0 atom stereocenters. The molecule has 10 heteroatoms. The number of ketones is 1. The van der Waals surface area contributed by atoms with Crippen LogP contribution in [-0.2, 0) is 30.9 Å². The van der Waals surface area contributed by atoms with Crippen molar-refractivity contribution < 1.29 is 27.9 Å². The summed E-state index contributed by atoms with van der Waals surface area (Å²) in [7, 11) is -1.67. The lowest BCUT2D eigenvalue weighted by Gasteiger charge is -2.27. The predicted molar refractivity (Wildman–Crippen MR) is 125 cm³/mol. The Kier molecular flexibility index (Phi) is 5.84. The Hall–Kier alpha value is -4.18. The largest absolute Gasteiger partial charge is 0.505 e. The minimum atomic E-state index is -4.05. The number of hydrogen-bond acceptors (Lipinski definition) is 7. The van der Waals surface area contributed by atoms with Crippen molar-refractivity contribution in [1.82, 2.24) is 8.87 Å². The molecule has 0 aliphatic carbocycles. The number of aliphatic hydroxyl groups is 1. The molecule has 1 aliphatic heterocycles. The molecule has 0 amide bonds. The summed E-state index contributed by atoms with van der Waals surface area (Å²) in [4.78, 5) is 37.8. The van der Waals surface area contributed by atoms with E-state index < -0.39 is 38.8 Å². The van der Waals surface area contributed by atoms with Gasteiger partial charge < -0.3 is 9.84 Å². The fourth-order valence-corrected chi connectivity index (χ4v) is 5.17. The zero-order chi connectivity index (χ0) is 24.6. The van der Waals surface area contributed by atoms with E-state index in [1.165, 1.54) is 43.0 Å². The smallest absolute Gasteiger partial charge is 0.325 e. The number of carbonyl (C=O) groups is 2. The number of likely N-dealkylation sites (N-methyl/N-ethyl adjacent to an activating group) is 1. The molecule has 0 spiro atoms. The molecule has 0 unspecified atom stereocenters. The van der Waals surface area contributed by atoms with E-state index in [1.54, 1.807) is 36.4 Å². The molecule has 0 saturated carbocycles. The van der Waals surface area contributed by atoms with Crippen LogP contribution in [0.5, 0.6) is 0 Å². The van der Waals surface area contributed by atoms with Gasteiger partial charge in [-0.3, -0.25) is 23.3 Å². The van der Waals surface area contributed by atoms with Crippen LogP contribution in [0.25, 0.3) is 22.7 Å². The third kappa shape index (κ3) is 3.77. The number of benzene rings is 2. The summed E-state index contributed by atoms with van der Waals surface area (Å²) in [6.45, 7) is -0.324. The maximum absolute atomic E-state index is 13.0. The molecular weight excluding hydrogens is 460 g/mol. The van der Waals surface area contributed by atoms with Gasteiger partial charge in [-0.2, -0.15) is 0 Å². The van der Waals surface area contributed by atoms with E-state index in [0.29, 0.717) is 15.2 Å². The topological polar surface area (TPSA) is 123 Å². The van der Waals surface area contributed by atoms with Crippen LogP contribution in [0.1, 0.15) is 11.1 Å². The third-order valence-corrected chi connectivity index (χ3v) is 7.33. The molecule has 1 N–H and O–H groups in total. The number of nitrogens with zero attached hydrogens (tertiary/aromatic N) is 2. The summed E-state index contributed by atoms with van der Waals surface area (Å²) in [5.74, 6) is -1.92. The van der Waals surface area contributed by atoms with Crippen LogP contribution >= 0.6 is 0 Å². The molecule has 2 aromatic carbocycles. The molecular formula is C24H20N2O7S. The van der Waals surface area contributed by atoms with Gasteiger partial charge in [-0.1, -0.05) is 30.3 Å². The number of para-hydroxylation sites is 1. The Balaban J connectivity index is 1.80. The van der Waals surface area contributed by atoms with Gasteiger partial charge in [-0.25, -0.2) is 8.42 Å². The van der Waals surface area contributed by atoms with Crippen molar-refractivity contribution in [3.8, 4) is 0 Å². The highest BCUT2D eigenvalue weighted by atomic mass is 32.2. The highest BCUT2D eigenvalue weighted by molar-refractivity contribution is 7.89. The molecule has 0 radical (unpaired) electrons. The Morgan fingerprint density at radius 3 is 2.50 bits per heavy atom. The van der Waals surface area contributed by atoms with E-state index in [1.807, 2.05) is 0 Å². The van der Waals surface area contributed by atoms with E-state index in [4.69, 9.17) is 0 Å². The maximum Gasteiger partial charge on any atom is 0.325 e. The van der Waals surface area contributed by atoms with Gasteiger partial charge in [0.2, 0.25) is 5.78 Å². The molecule has 1 aliphatic rings. The van der Waals surface area contributed by atoms with Gasteiger partial charge in [0.15, 0.2) is 5.76 Å². The second-order valence-corrected chi connectivity index (χ2v) is 9.43. The average molecular weight is 480 g/mol. The summed E-state index contributed by atoms with van der Waals surface area (Å²) in [5, 5.41) is 11.3. The first-order valence-corrected chi connectivity index (χ1v) is 11.5. The second-order valence-electron chi connectivity index (χ2n) is 7.49. The predicted octanol–water partition coefficient (Wildman–Crippen LogP) is 2.32. The van der Waals surface area contributed by atoms with Gasteiger partial charge in [0.05, 0.1) is 17.5 Å². The third-order valence-electron chi connectivity index (χ3n) is 5.51. The minimum Gasteiger partial charge on any atom is -0.505 e. The number of pyridine rings is 1. The van der Waals surface area contributed by atoms with Gasteiger partial charge in [-0.05, 0) is 41.8 Å². The second kappa shape index (κ2) is 8.64. The first kappa shape index (κ1) is 23.0. The number of ether oxygens (including phenoxy) is 1. The van der Waals surface area contributed by atoms with Crippen molar-refractivity contribution in [2.24, 2.45) is 0 Å². The fourth-order valence-electron chi connectivity index (χ4n) is 3.77. The van der Waals surface area contributed by atoms with Crippen molar-refractivity contribution in [3.63, 3.8) is 0 Å². The summed E-state index contributed by atoms with van der Waals surface area (Å²) >= 11 is 0. The Morgan fingerprint density at radius 1 is 1.09 bits per heavy atom. The SMILES string of the molecule is COC(=O)Cn1c(=O)c(C=CC(=O)C2=C(O)c3ccccc3S(=O)(=O)N2C)cc2ccccc21. The molecule has 4 rings (SSSR count). The number of rotatable bonds is 5. The molecule has 34 heavy (non-hydrogen) atoms. The van der Waals surface area contributed by atoms with Crippen LogP contribution in [0.4, 0.5) is 0 Å². The lowest BCUT2D eigenvalue weighted by Crippen LogP contribution is -2.34. The molecule has 1 aromatic heterocycles. The zero-order valence-corrected chi connectivity index (χ0v) is 19.1. The Bertz CT molecular complexity index is 1570. The number of methoxy groups -OCH3 is 1. The van der Waals surface area contributed by atoms with E-state index in [2.05, 4.69) is 4.74 Å². The summed E-state index contributed by atoms with van der Waals surface area (Å²) in [5.41, 5.74) is -0.357. The van der Waals surface area contributed by atoms with Crippen molar-refractivity contribution in [3.05, 3.63) is 87.9 Å². The average Bonchev–Trinajstić information content (AvgIpc) is 2.83. The van der Waals surface area contributed by atoms with Crippen LogP contribution in [0.3, 0.4) is 0 Å². The molecule has 9 nitrogen and oxygen atoms in total. The Labute approximate surface area is 194 Å². The highest BCUT2D eigenvalue weighted by Crippen LogP contribution is 2.34. The molecule has 0 bridgehead atoms. The first-order valence-electron chi connectivity index (χ1n) is 10.1. The summed E-state index contributed by atoms with van der Waals surface area (Å²) < 4.78 is 32.3. The summed E-state index contributed by atoms with van der Waals surface area (Å²) in [6.07, 6.45) is 2.24. The monoisotopic (exact) mass is 480 g/mol. The number of aliphatic hydroxyl groups excluding tert-OH is 1. The maximum atomic E-state index is 13.0. The number of aromatic nitrogens is 1. The molecule has 2 heterocycles. The number of fused-ring (bicyclic) bond motifs is 2. The number of sulfonamides is 1. The van der Waals surface area contributed by atoms with Gasteiger partial charge in [-0.15, -0.1) is 0 Å². The van der Waals surface area contributed by atoms with Gasteiger partial charge in [0.25, 0.3) is 15.6 Å². The number of esters is 1. The summed E-state index contributed by atoms with van der Waals surface area (Å²) in [6, 6.07) is 14.3. The normalized spacial score (nSPS) is 14.9. The number of carbonyl (C=O) groups excluding carboxylic acids is 2. The quantitative estimate of drug-likeness (QED) is 0.439. The lowest BCUT2D eigenvalue weighted by molar-refractivity contribution is -0.141. The van der Waals surface area contributed by atoms with E-state index in [-0.39, 0.29) is 22.6 Å². The van der Waals surface area contributed by atoms with Gasteiger partial charge in [0.1, 0.15) is 12.2 Å². The fraction of sp³-hybridized carbons (Fsp3) is 0.125. The minimum absolute atomic E-state index is 0.0171. The lowest BCUT2D eigenvalue weighted by atomic mass is 10.1. The van der Waals surface area contributed by atoms with Crippen LogP contribution in [-0.4, -0.2) is 48.3 Å². The van der Waals surface area contributed by atoms with Crippen LogP contribution in [0.2, 0.25) is 0 Å². The molecule has 0 fully saturated rings. The van der Waals surface area contributed by atoms with E-state index in [0.717, 1.165) is 6.08 Å². The van der Waals surface area contributed by atoms with Crippen molar-refractivity contribution in [2.75, 3.05) is 14.2 Å². The Morgan fingerprint density at radius 2 is 1.76 bits per heavy atom. The number of allylic oxidation sites excluding steroid dienone is 1. The number of hydrogen-bond donors (Lipinski definition) is 1. The van der Waals surface area contributed by atoms with E-state index >= 15 is 0 Å². The van der Waals surface area contributed by atoms with Gasteiger partial charge >= 0.3 is 5.97 Å². The van der Waals surface area contributed by atoms with Crippen LogP contribution in [0, 0.1) is 0 Å². The van der Waals surface area contributed by atoms with Gasteiger partial charge in [0, 0.05) is 18.2 Å². The van der Waals surface area contributed by atoms with Crippen LogP contribution < -0.4 is 5.56 Å². The van der Waals surface area contributed by atoms with Crippen molar-refractivity contribution in [2.45, 2.75) is 11.4 Å². The van der Waals surface area contributed by atoms with Crippen molar-refractivity contribution in [1.29, 1.82) is 0 Å². The first-order chi connectivity index (χ1) is 16.2. The standard InChI is InChI=1S/C24H20N2O7S/c1-25-22(23(29)17-8-4-6-10-20(17)34(25,31)32)19(27)12-11-16-13-15-7-3-5-9-18(15)26(24(16)30)14-21(28)33-2/h3-13,29H,14H2,1-2H3. The zero-order valence-electron chi connectivity index (χ0n) is 18.3. The highest BCUT2D eigenvalue weighted by Gasteiger charge is 2.36. The van der Waals surface area contributed by atoms with Crippen molar-refractivity contribution >= 4 is 44.5 Å². The van der Waals surface area contributed by atoms with Crippen LogP contribution in [0.15, 0.2) is 76.1 Å².